The van der Waals surface area contributed by atoms with Crippen molar-refractivity contribution in [3.8, 4) is 0 Å². The third kappa shape index (κ3) is 2.23. The lowest BCUT2D eigenvalue weighted by Crippen LogP contribution is -2.35. The molecule has 18 heavy (non-hydrogen) atoms. The topological polar surface area (TPSA) is 45.2 Å². The lowest BCUT2D eigenvalue weighted by molar-refractivity contribution is -0.520. The molecule has 5 nitrogen and oxygen atoms in total. The molecule has 0 radical (unpaired) electrons. The van der Waals surface area contributed by atoms with Crippen LogP contribution in [0.4, 0.5) is 0 Å². The standard InChI is InChI=1S/C13H18N4O/c1-10-7-11(2)17-9-12(15-13(17)14-10)8-16-3-5-18-6-4-16/h7,9H,3-6,8H2,1-2H3/p+1. The number of aromatic amines is 1. The minimum absolute atomic E-state index is 0.837. The van der Waals surface area contributed by atoms with E-state index in [0.29, 0.717) is 0 Å². The van der Waals surface area contributed by atoms with Crippen LogP contribution in [0.1, 0.15) is 17.1 Å². The Morgan fingerprint density at radius 3 is 2.94 bits per heavy atom. The molecule has 0 unspecified atom stereocenters. The fourth-order valence-electron chi connectivity index (χ4n) is 2.46. The number of hydrogen-bond acceptors (Lipinski definition) is 3. The van der Waals surface area contributed by atoms with Gasteiger partial charge in [-0.25, -0.2) is 9.38 Å². The summed E-state index contributed by atoms with van der Waals surface area (Å²) >= 11 is 0. The van der Waals surface area contributed by atoms with Crippen molar-refractivity contribution in [3.05, 3.63) is 29.3 Å². The van der Waals surface area contributed by atoms with Gasteiger partial charge in [-0.05, 0) is 13.8 Å². The first-order chi connectivity index (χ1) is 8.72. The van der Waals surface area contributed by atoms with Gasteiger partial charge < -0.3 is 4.74 Å². The third-order valence-corrected chi connectivity index (χ3v) is 3.36. The second-order valence-electron chi connectivity index (χ2n) is 4.90. The highest BCUT2D eigenvalue weighted by Gasteiger charge is 2.16. The molecule has 0 spiro atoms. The first-order valence-corrected chi connectivity index (χ1v) is 6.40. The van der Waals surface area contributed by atoms with E-state index in [-0.39, 0.29) is 0 Å². The van der Waals surface area contributed by atoms with E-state index in [4.69, 9.17) is 4.74 Å². The number of aromatic nitrogens is 3. The van der Waals surface area contributed by atoms with E-state index in [9.17, 15) is 0 Å². The van der Waals surface area contributed by atoms with E-state index in [0.717, 1.165) is 44.3 Å². The van der Waals surface area contributed by atoms with E-state index in [1.54, 1.807) is 0 Å². The molecule has 0 amide bonds. The maximum absolute atomic E-state index is 5.36. The lowest BCUT2D eigenvalue weighted by atomic mass is 10.3. The number of ether oxygens (including phenoxy) is 1. The minimum atomic E-state index is 0.837. The van der Waals surface area contributed by atoms with Gasteiger partial charge in [0.1, 0.15) is 17.6 Å². The Hall–Kier alpha value is -1.46. The minimum Gasteiger partial charge on any atom is -0.379 e. The fraction of sp³-hybridized carbons (Fsp3) is 0.538. The lowest BCUT2D eigenvalue weighted by Gasteiger charge is -2.25. The van der Waals surface area contributed by atoms with Crippen molar-refractivity contribution in [1.29, 1.82) is 0 Å². The average molecular weight is 247 g/mol. The van der Waals surface area contributed by atoms with Gasteiger partial charge in [0.05, 0.1) is 25.5 Å². The normalized spacial score (nSPS) is 17.4. The van der Waals surface area contributed by atoms with E-state index in [2.05, 4.69) is 38.5 Å². The van der Waals surface area contributed by atoms with Gasteiger partial charge >= 0.3 is 5.78 Å². The molecule has 3 heterocycles. The maximum atomic E-state index is 5.36. The zero-order chi connectivity index (χ0) is 12.5. The molecule has 1 aliphatic rings. The molecule has 1 fully saturated rings. The largest absolute Gasteiger partial charge is 0.401 e. The van der Waals surface area contributed by atoms with Crippen LogP contribution in [-0.2, 0) is 11.3 Å². The van der Waals surface area contributed by atoms with Crippen molar-refractivity contribution in [2.24, 2.45) is 0 Å². The average Bonchev–Trinajstić information content (AvgIpc) is 2.73. The molecule has 2 aromatic heterocycles. The van der Waals surface area contributed by atoms with Crippen LogP contribution < -0.4 is 4.40 Å². The second-order valence-corrected chi connectivity index (χ2v) is 4.90. The molecule has 0 aromatic carbocycles. The molecule has 1 aliphatic heterocycles. The van der Waals surface area contributed by atoms with E-state index in [1.807, 2.05) is 6.92 Å². The molecule has 2 aromatic rings. The Morgan fingerprint density at radius 2 is 2.17 bits per heavy atom. The zero-order valence-corrected chi connectivity index (χ0v) is 10.9. The van der Waals surface area contributed by atoms with Crippen molar-refractivity contribution < 1.29 is 9.14 Å². The quantitative estimate of drug-likeness (QED) is 0.790. The number of rotatable bonds is 2. The van der Waals surface area contributed by atoms with E-state index in [1.165, 1.54) is 11.4 Å². The molecule has 1 saturated heterocycles. The second kappa shape index (κ2) is 4.66. The van der Waals surface area contributed by atoms with Crippen LogP contribution in [0.25, 0.3) is 5.78 Å². The van der Waals surface area contributed by atoms with Gasteiger partial charge in [-0.15, -0.1) is 0 Å². The van der Waals surface area contributed by atoms with Crippen LogP contribution in [-0.4, -0.2) is 41.2 Å². The molecular weight excluding hydrogens is 228 g/mol. The van der Waals surface area contributed by atoms with Crippen LogP contribution in [0.3, 0.4) is 0 Å². The number of fused-ring (bicyclic) bond motifs is 1. The molecule has 0 bridgehead atoms. The van der Waals surface area contributed by atoms with Crippen molar-refractivity contribution in [3.63, 3.8) is 0 Å². The number of aryl methyl sites for hydroxylation is 2. The first-order valence-electron chi connectivity index (χ1n) is 6.40. The molecule has 5 heteroatoms. The smallest absolute Gasteiger partial charge is 0.379 e. The summed E-state index contributed by atoms with van der Waals surface area (Å²) in [5.74, 6) is 0.927. The molecule has 3 rings (SSSR count). The summed E-state index contributed by atoms with van der Waals surface area (Å²) in [7, 11) is 0. The highest BCUT2D eigenvalue weighted by Crippen LogP contribution is 2.06. The Bertz CT molecular complexity index is 557. The number of morpholine rings is 1. The highest BCUT2D eigenvalue weighted by molar-refractivity contribution is 5.22. The summed E-state index contributed by atoms with van der Waals surface area (Å²) in [6.45, 7) is 8.75. The summed E-state index contributed by atoms with van der Waals surface area (Å²) in [4.78, 5) is 10.3. The first kappa shape index (κ1) is 11.6. The molecule has 1 N–H and O–H groups in total. The summed E-state index contributed by atoms with van der Waals surface area (Å²) in [5, 5.41) is 0. The van der Waals surface area contributed by atoms with Crippen LogP contribution >= 0.6 is 0 Å². The summed E-state index contributed by atoms with van der Waals surface area (Å²) in [6, 6.07) is 2.10. The number of H-pyrrole nitrogens is 1. The van der Waals surface area contributed by atoms with Gasteiger partial charge in [-0.1, -0.05) is 4.98 Å². The third-order valence-electron chi connectivity index (χ3n) is 3.36. The Kier molecular flexibility index (Phi) is 3.01. The van der Waals surface area contributed by atoms with Crippen LogP contribution in [0.2, 0.25) is 0 Å². The van der Waals surface area contributed by atoms with Gasteiger partial charge in [0, 0.05) is 19.2 Å². The van der Waals surface area contributed by atoms with E-state index < -0.39 is 0 Å². The number of nitrogens with zero attached hydrogens (tertiary/aromatic N) is 3. The number of hydrogen-bond donors (Lipinski definition) is 1. The van der Waals surface area contributed by atoms with Crippen LogP contribution in [0.15, 0.2) is 12.3 Å². The number of imidazole rings is 1. The van der Waals surface area contributed by atoms with Crippen molar-refractivity contribution >= 4 is 5.78 Å². The molecule has 0 atom stereocenters. The Morgan fingerprint density at radius 1 is 1.39 bits per heavy atom. The number of nitrogens with one attached hydrogen (secondary N) is 1. The van der Waals surface area contributed by atoms with Crippen molar-refractivity contribution in [2.45, 2.75) is 20.4 Å². The summed E-state index contributed by atoms with van der Waals surface area (Å²) < 4.78 is 7.48. The van der Waals surface area contributed by atoms with Crippen molar-refractivity contribution in [2.75, 3.05) is 26.3 Å². The Labute approximate surface area is 106 Å². The molecule has 0 saturated carbocycles. The predicted octanol–water partition coefficient (Wildman–Crippen LogP) is 0.597. The van der Waals surface area contributed by atoms with Gasteiger partial charge in [-0.3, -0.25) is 4.90 Å². The fourth-order valence-corrected chi connectivity index (χ4v) is 2.46. The SMILES string of the molecule is Cc1cc(C)[n+]2cc(CN3CCOCC3)[nH]c2n1. The maximum Gasteiger partial charge on any atom is 0.401 e. The zero-order valence-electron chi connectivity index (χ0n) is 10.9. The summed E-state index contributed by atoms with van der Waals surface area (Å²) in [6.07, 6.45) is 2.15. The molecule has 0 aliphatic carbocycles. The van der Waals surface area contributed by atoms with Crippen LogP contribution in [0.5, 0.6) is 0 Å². The summed E-state index contributed by atoms with van der Waals surface area (Å²) in [5.41, 5.74) is 3.47. The van der Waals surface area contributed by atoms with Gasteiger partial charge in [0.25, 0.3) is 0 Å². The van der Waals surface area contributed by atoms with Gasteiger partial charge in [0.15, 0.2) is 0 Å². The van der Waals surface area contributed by atoms with E-state index >= 15 is 0 Å². The monoisotopic (exact) mass is 247 g/mol. The predicted molar refractivity (Wildman–Crippen MR) is 67.3 cm³/mol. The molecule has 96 valence electrons. The Balaban J connectivity index is 1.86. The van der Waals surface area contributed by atoms with Gasteiger partial charge in [-0.2, -0.15) is 0 Å². The van der Waals surface area contributed by atoms with Gasteiger partial charge in [0.2, 0.25) is 0 Å². The molecular formula is C13H19N4O+. The highest BCUT2D eigenvalue weighted by atomic mass is 16.5. The van der Waals surface area contributed by atoms with Crippen molar-refractivity contribution in [1.82, 2.24) is 14.9 Å². The van der Waals surface area contributed by atoms with Crippen LogP contribution in [0, 0.1) is 13.8 Å².